The Hall–Kier alpha value is -2.18. The molecule has 1 atom stereocenters. The summed E-state index contributed by atoms with van der Waals surface area (Å²) < 4.78 is 0. The number of pyridine rings is 1. The summed E-state index contributed by atoms with van der Waals surface area (Å²) in [6, 6.07) is 1.40. The molecule has 92 valence electrons. The van der Waals surface area contributed by atoms with E-state index in [9.17, 15) is 14.9 Å². The lowest BCUT2D eigenvalue weighted by molar-refractivity contribution is -0.385. The summed E-state index contributed by atoms with van der Waals surface area (Å²) in [5, 5.41) is 13.5. The number of nitrogens with two attached hydrogens (primary N) is 1. The molecule has 1 aromatic rings. The van der Waals surface area contributed by atoms with Crippen LogP contribution in [-0.4, -0.2) is 21.9 Å². The molecule has 7 nitrogen and oxygen atoms in total. The third-order valence-corrected chi connectivity index (χ3v) is 2.18. The summed E-state index contributed by atoms with van der Waals surface area (Å²) in [6.45, 7) is 3.41. The van der Waals surface area contributed by atoms with E-state index in [1.807, 2.05) is 0 Å². The van der Waals surface area contributed by atoms with Crippen molar-refractivity contribution in [3.8, 4) is 0 Å². The lowest BCUT2D eigenvalue weighted by Gasteiger charge is -2.12. The predicted molar refractivity (Wildman–Crippen MR) is 62.5 cm³/mol. The number of nitro groups is 1. The average Bonchev–Trinajstić information content (AvgIpc) is 2.15. The number of anilines is 1. The highest BCUT2D eigenvalue weighted by molar-refractivity contribution is 5.74. The van der Waals surface area contributed by atoms with Gasteiger partial charge in [-0.25, -0.2) is 4.98 Å². The van der Waals surface area contributed by atoms with Gasteiger partial charge in [-0.15, -0.1) is 0 Å². The molecular weight excluding hydrogens is 224 g/mol. The van der Waals surface area contributed by atoms with Crippen LogP contribution in [0.2, 0.25) is 0 Å². The molecule has 1 amide bonds. The van der Waals surface area contributed by atoms with E-state index in [-0.39, 0.29) is 18.2 Å². The molecule has 0 aliphatic rings. The van der Waals surface area contributed by atoms with Crippen LogP contribution in [0.5, 0.6) is 0 Å². The minimum atomic E-state index is -0.487. The van der Waals surface area contributed by atoms with Gasteiger partial charge in [0.2, 0.25) is 5.91 Å². The van der Waals surface area contributed by atoms with Crippen molar-refractivity contribution in [2.24, 2.45) is 5.73 Å². The van der Waals surface area contributed by atoms with Crippen LogP contribution in [0.3, 0.4) is 0 Å². The molecule has 1 rings (SSSR count). The van der Waals surface area contributed by atoms with Crippen molar-refractivity contribution in [3.63, 3.8) is 0 Å². The standard InChI is InChI=1S/C10H14N4O3/c1-6-3-10(12-5-8(6)14(16)17)13-7(2)4-9(11)15/h3,5,7H,4H2,1-2H3,(H2,11,15)(H,12,13). The zero-order valence-electron chi connectivity index (χ0n) is 9.64. The number of rotatable bonds is 5. The smallest absolute Gasteiger partial charge is 0.290 e. The lowest BCUT2D eigenvalue weighted by atomic mass is 10.2. The second-order valence-electron chi connectivity index (χ2n) is 3.83. The van der Waals surface area contributed by atoms with Gasteiger partial charge in [-0.2, -0.15) is 0 Å². The number of aromatic nitrogens is 1. The van der Waals surface area contributed by atoms with Crippen LogP contribution in [0, 0.1) is 17.0 Å². The number of carbonyl (C=O) groups excluding carboxylic acids is 1. The summed E-state index contributed by atoms with van der Waals surface area (Å²) >= 11 is 0. The fraction of sp³-hybridized carbons (Fsp3) is 0.400. The van der Waals surface area contributed by atoms with Gasteiger partial charge in [-0.1, -0.05) is 0 Å². The molecule has 0 bridgehead atoms. The Kier molecular flexibility index (Phi) is 3.97. The van der Waals surface area contributed by atoms with Crippen LogP contribution in [0.4, 0.5) is 11.5 Å². The van der Waals surface area contributed by atoms with Crippen LogP contribution < -0.4 is 11.1 Å². The van der Waals surface area contributed by atoms with Gasteiger partial charge in [0.1, 0.15) is 12.0 Å². The lowest BCUT2D eigenvalue weighted by Crippen LogP contribution is -2.24. The van der Waals surface area contributed by atoms with Crippen LogP contribution in [-0.2, 0) is 4.79 Å². The molecule has 0 aliphatic carbocycles. The normalized spacial score (nSPS) is 11.9. The number of hydrogen-bond acceptors (Lipinski definition) is 5. The van der Waals surface area contributed by atoms with Gasteiger partial charge in [0.05, 0.1) is 4.92 Å². The van der Waals surface area contributed by atoms with Crippen LogP contribution in [0.15, 0.2) is 12.3 Å². The minimum Gasteiger partial charge on any atom is -0.370 e. The molecule has 3 N–H and O–H groups in total. The molecule has 0 aliphatic heterocycles. The first-order valence-corrected chi connectivity index (χ1v) is 5.06. The molecule has 1 aromatic heterocycles. The van der Waals surface area contributed by atoms with Crippen LogP contribution in [0.25, 0.3) is 0 Å². The monoisotopic (exact) mass is 238 g/mol. The first-order valence-electron chi connectivity index (χ1n) is 5.06. The number of carbonyl (C=O) groups is 1. The van der Waals surface area contributed by atoms with Crippen molar-refractivity contribution in [2.75, 3.05) is 5.32 Å². The highest BCUT2D eigenvalue weighted by atomic mass is 16.6. The van der Waals surface area contributed by atoms with E-state index in [0.29, 0.717) is 11.4 Å². The molecule has 0 saturated carbocycles. The number of amides is 1. The van der Waals surface area contributed by atoms with E-state index in [4.69, 9.17) is 5.73 Å². The first kappa shape index (κ1) is 12.9. The van der Waals surface area contributed by atoms with Crippen LogP contribution in [0.1, 0.15) is 18.9 Å². The predicted octanol–water partition coefficient (Wildman–Crippen LogP) is 0.974. The fourth-order valence-electron chi connectivity index (χ4n) is 1.42. The maximum atomic E-state index is 10.7. The Balaban J connectivity index is 2.77. The zero-order chi connectivity index (χ0) is 13.0. The Morgan fingerprint density at radius 2 is 2.35 bits per heavy atom. The molecular formula is C10H14N4O3. The van der Waals surface area contributed by atoms with Gasteiger partial charge in [-0.05, 0) is 19.9 Å². The average molecular weight is 238 g/mol. The Labute approximate surface area is 98.2 Å². The maximum Gasteiger partial charge on any atom is 0.290 e. The van der Waals surface area contributed by atoms with Gasteiger partial charge in [0, 0.05) is 18.0 Å². The SMILES string of the molecule is Cc1cc(NC(C)CC(N)=O)ncc1[N+](=O)[O-]. The molecule has 0 radical (unpaired) electrons. The third kappa shape index (κ3) is 3.71. The Morgan fingerprint density at radius 1 is 1.71 bits per heavy atom. The number of nitrogens with zero attached hydrogens (tertiary/aromatic N) is 2. The van der Waals surface area contributed by atoms with E-state index in [1.54, 1.807) is 19.9 Å². The Morgan fingerprint density at radius 3 is 2.82 bits per heavy atom. The molecule has 0 aromatic carbocycles. The fourth-order valence-corrected chi connectivity index (χ4v) is 1.42. The number of nitrogens with one attached hydrogen (secondary N) is 1. The Bertz CT molecular complexity index is 447. The highest BCUT2D eigenvalue weighted by Crippen LogP contribution is 2.19. The van der Waals surface area contributed by atoms with Crippen molar-refractivity contribution in [2.45, 2.75) is 26.3 Å². The van der Waals surface area contributed by atoms with E-state index in [2.05, 4.69) is 10.3 Å². The van der Waals surface area contributed by atoms with Crippen molar-refractivity contribution >= 4 is 17.4 Å². The highest BCUT2D eigenvalue weighted by Gasteiger charge is 2.13. The summed E-state index contributed by atoms with van der Waals surface area (Å²) in [5.41, 5.74) is 5.54. The second-order valence-corrected chi connectivity index (χ2v) is 3.83. The summed E-state index contributed by atoms with van der Waals surface area (Å²) in [6.07, 6.45) is 1.37. The van der Waals surface area contributed by atoms with Gasteiger partial charge in [0.25, 0.3) is 5.69 Å². The van der Waals surface area contributed by atoms with Crippen molar-refractivity contribution in [1.82, 2.24) is 4.98 Å². The molecule has 1 unspecified atom stereocenters. The van der Waals surface area contributed by atoms with Gasteiger partial charge in [-0.3, -0.25) is 14.9 Å². The van der Waals surface area contributed by atoms with E-state index in [1.165, 1.54) is 6.20 Å². The summed E-state index contributed by atoms with van der Waals surface area (Å²) in [7, 11) is 0. The van der Waals surface area contributed by atoms with E-state index < -0.39 is 10.8 Å². The quantitative estimate of drug-likeness (QED) is 0.586. The van der Waals surface area contributed by atoms with Gasteiger partial charge < -0.3 is 11.1 Å². The zero-order valence-corrected chi connectivity index (χ0v) is 9.64. The molecule has 0 saturated heterocycles. The van der Waals surface area contributed by atoms with Crippen molar-refractivity contribution in [3.05, 3.63) is 27.9 Å². The number of hydrogen-bond donors (Lipinski definition) is 2. The van der Waals surface area contributed by atoms with Crippen molar-refractivity contribution in [1.29, 1.82) is 0 Å². The van der Waals surface area contributed by atoms with Gasteiger partial charge in [0.15, 0.2) is 0 Å². The first-order chi connectivity index (χ1) is 7.90. The van der Waals surface area contributed by atoms with Gasteiger partial charge >= 0.3 is 0 Å². The molecule has 0 fully saturated rings. The van der Waals surface area contributed by atoms with Crippen molar-refractivity contribution < 1.29 is 9.72 Å². The molecule has 0 spiro atoms. The third-order valence-electron chi connectivity index (χ3n) is 2.18. The molecule has 17 heavy (non-hydrogen) atoms. The van der Waals surface area contributed by atoms with E-state index in [0.717, 1.165) is 0 Å². The summed E-state index contributed by atoms with van der Waals surface area (Å²) in [5.74, 6) is 0.0745. The number of aryl methyl sites for hydroxylation is 1. The minimum absolute atomic E-state index is 0.0295. The largest absolute Gasteiger partial charge is 0.370 e. The topological polar surface area (TPSA) is 111 Å². The number of primary amides is 1. The molecule has 1 heterocycles. The van der Waals surface area contributed by atoms with Crippen LogP contribution >= 0.6 is 0 Å². The summed E-state index contributed by atoms with van der Waals surface area (Å²) in [4.78, 5) is 24.7. The van der Waals surface area contributed by atoms with E-state index >= 15 is 0 Å². The maximum absolute atomic E-state index is 10.7. The second kappa shape index (κ2) is 5.24. The molecule has 7 heteroatoms.